The largest absolute Gasteiger partial charge is 0.468 e. The van der Waals surface area contributed by atoms with E-state index < -0.39 is 23.8 Å². The van der Waals surface area contributed by atoms with Gasteiger partial charge in [0, 0.05) is 28.3 Å². The van der Waals surface area contributed by atoms with Gasteiger partial charge in [-0.25, -0.2) is 9.79 Å². The van der Waals surface area contributed by atoms with Crippen molar-refractivity contribution in [1.29, 1.82) is 5.26 Å². The number of hydrogen-bond acceptors (Lipinski definition) is 8. The summed E-state index contributed by atoms with van der Waals surface area (Å²) in [5.74, 6) is -3.16. The molecule has 2 atom stereocenters. The molecule has 2 heterocycles. The number of esters is 2. The highest BCUT2D eigenvalue weighted by Gasteiger charge is 2.44. The minimum Gasteiger partial charge on any atom is -0.468 e. The number of nitrogens with zero attached hydrogens (tertiary/aromatic N) is 2. The van der Waals surface area contributed by atoms with Crippen molar-refractivity contribution in [3.05, 3.63) is 81.2 Å². The Morgan fingerprint density at radius 3 is 2.37 bits per heavy atom. The third-order valence-corrected chi connectivity index (χ3v) is 6.15. The van der Waals surface area contributed by atoms with Gasteiger partial charge in [-0.15, -0.1) is 0 Å². The van der Waals surface area contributed by atoms with Crippen LogP contribution < -0.4 is 5.43 Å². The predicted molar refractivity (Wildman–Crippen MR) is 129 cm³/mol. The molecule has 0 fully saturated rings. The third-order valence-electron chi connectivity index (χ3n) is 6.15. The van der Waals surface area contributed by atoms with E-state index in [9.17, 15) is 19.6 Å². The van der Waals surface area contributed by atoms with Crippen molar-refractivity contribution in [2.75, 3.05) is 14.2 Å². The minimum absolute atomic E-state index is 0.104. The molecule has 0 bridgehead atoms. The topological polar surface area (TPSA) is 119 Å². The van der Waals surface area contributed by atoms with Crippen LogP contribution in [0.5, 0.6) is 0 Å². The van der Waals surface area contributed by atoms with Gasteiger partial charge in [-0.3, -0.25) is 9.59 Å². The quantitative estimate of drug-likeness (QED) is 0.527. The number of nitriles is 1. The number of rotatable bonds is 4. The lowest BCUT2D eigenvalue weighted by Gasteiger charge is -2.30. The van der Waals surface area contributed by atoms with E-state index in [1.165, 1.54) is 14.2 Å². The Bertz CT molecular complexity index is 1510. The number of hydrogen-bond donors (Lipinski definition) is 0. The van der Waals surface area contributed by atoms with Crippen molar-refractivity contribution < 1.29 is 23.5 Å². The molecule has 3 aromatic rings. The van der Waals surface area contributed by atoms with E-state index in [4.69, 9.17) is 13.9 Å². The third kappa shape index (κ3) is 3.91. The van der Waals surface area contributed by atoms with Crippen molar-refractivity contribution in [3.63, 3.8) is 0 Å². The van der Waals surface area contributed by atoms with E-state index in [0.29, 0.717) is 28.2 Å². The highest BCUT2D eigenvalue weighted by Crippen LogP contribution is 2.43. The Balaban J connectivity index is 2.11. The van der Waals surface area contributed by atoms with Crippen LogP contribution in [0, 0.1) is 24.2 Å². The smallest absolute Gasteiger partial charge is 0.337 e. The molecule has 176 valence electrons. The Labute approximate surface area is 201 Å². The van der Waals surface area contributed by atoms with Crippen molar-refractivity contribution >= 4 is 28.6 Å². The normalized spacial score (nSPS) is 17.5. The maximum atomic E-state index is 13.4. The molecule has 8 nitrogen and oxygen atoms in total. The zero-order chi connectivity index (χ0) is 25.3. The van der Waals surface area contributed by atoms with Crippen LogP contribution in [0.15, 0.2) is 74.0 Å². The second kappa shape index (κ2) is 9.39. The van der Waals surface area contributed by atoms with E-state index in [-0.39, 0.29) is 27.7 Å². The van der Waals surface area contributed by atoms with Crippen LogP contribution in [0.4, 0.5) is 0 Å². The molecule has 0 radical (unpaired) electrons. The van der Waals surface area contributed by atoms with Crippen molar-refractivity contribution in [2.45, 2.75) is 19.8 Å². The number of carbonyl (C=O) groups excluding carboxylic acids is 2. The summed E-state index contributed by atoms with van der Waals surface area (Å²) < 4.78 is 16.3. The molecule has 1 aliphatic rings. The van der Waals surface area contributed by atoms with Crippen LogP contribution in [0.25, 0.3) is 22.3 Å². The molecule has 0 saturated heterocycles. The zero-order valence-electron chi connectivity index (χ0n) is 19.6. The molecule has 2 unspecified atom stereocenters. The Kier molecular flexibility index (Phi) is 6.34. The molecule has 0 aliphatic carbocycles. The lowest BCUT2D eigenvalue weighted by atomic mass is 9.75. The van der Waals surface area contributed by atoms with Gasteiger partial charge < -0.3 is 13.9 Å². The number of benzene rings is 2. The van der Waals surface area contributed by atoms with Gasteiger partial charge in [-0.05, 0) is 19.9 Å². The summed E-state index contributed by atoms with van der Waals surface area (Å²) in [6.45, 7) is 3.27. The monoisotopic (exact) mass is 470 g/mol. The van der Waals surface area contributed by atoms with Gasteiger partial charge in [0.2, 0.25) is 0 Å². The summed E-state index contributed by atoms with van der Waals surface area (Å²) in [5, 5.41) is 10.0. The van der Waals surface area contributed by atoms with Gasteiger partial charge in [0.05, 0.1) is 25.2 Å². The Morgan fingerprint density at radius 2 is 1.74 bits per heavy atom. The lowest BCUT2D eigenvalue weighted by Crippen LogP contribution is -2.36. The first-order valence-electron chi connectivity index (χ1n) is 10.8. The van der Waals surface area contributed by atoms with E-state index in [1.807, 2.05) is 36.4 Å². The van der Waals surface area contributed by atoms with Gasteiger partial charge in [0.1, 0.15) is 23.3 Å². The van der Waals surface area contributed by atoms with E-state index in [1.54, 1.807) is 32.0 Å². The van der Waals surface area contributed by atoms with Crippen LogP contribution in [0.2, 0.25) is 0 Å². The molecule has 1 aliphatic heterocycles. The summed E-state index contributed by atoms with van der Waals surface area (Å²) >= 11 is 0. The molecule has 0 saturated carbocycles. The number of methoxy groups -OCH3 is 2. The van der Waals surface area contributed by atoms with E-state index >= 15 is 0 Å². The first kappa shape index (κ1) is 23.6. The zero-order valence-corrected chi connectivity index (χ0v) is 19.6. The highest BCUT2D eigenvalue weighted by molar-refractivity contribution is 6.08. The second-order valence-corrected chi connectivity index (χ2v) is 8.07. The molecular formula is C27H22N2O6. The minimum atomic E-state index is -1.04. The predicted octanol–water partition coefficient (Wildman–Crippen LogP) is 4.07. The Morgan fingerprint density at radius 1 is 1.03 bits per heavy atom. The maximum absolute atomic E-state index is 13.4. The van der Waals surface area contributed by atoms with Crippen LogP contribution in [0.1, 0.15) is 24.0 Å². The van der Waals surface area contributed by atoms with Gasteiger partial charge in [0.25, 0.3) is 0 Å². The van der Waals surface area contributed by atoms with Crippen LogP contribution >= 0.6 is 0 Å². The SMILES string of the molecule is COC(=O)C1=C(C#N)N=C(C)C(C(=O)OC)C1c1cccc2c(=O)c(C)c(-c3ccccc3)oc12. The number of allylic oxidation sites excluding steroid dienone is 1. The number of fused-ring (bicyclic) bond motifs is 1. The second-order valence-electron chi connectivity index (χ2n) is 8.07. The maximum Gasteiger partial charge on any atom is 0.337 e. The van der Waals surface area contributed by atoms with Crippen LogP contribution in [-0.4, -0.2) is 31.9 Å². The van der Waals surface area contributed by atoms with Crippen LogP contribution in [0.3, 0.4) is 0 Å². The average Bonchev–Trinajstić information content (AvgIpc) is 2.89. The molecule has 0 spiro atoms. The molecule has 8 heteroatoms. The average molecular weight is 470 g/mol. The molecule has 2 aromatic carbocycles. The summed E-state index contributed by atoms with van der Waals surface area (Å²) in [5.41, 5.74) is 1.47. The summed E-state index contributed by atoms with van der Waals surface area (Å²) in [4.78, 5) is 43.3. The molecule has 35 heavy (non-hydrogen) atoms. The van der Waals surface area contributed by atoms with Gasteiger partial charge in [-0.2, -0.15) is 5.26 Å². The highest BCUT2D eigenvalue weighted by atomic mass is 16.5. The molecule has 0 N–H and O–H groups in total. The van der Waals surface area contributed by atoms with Crippen LogP contribution in [-0.2, 0) is 19.1 Å². The molecule has 1 aromatic heterocycles. The first-order valence-corrected chi connectivity index (χ1v) is 10.8. The Hall–Kier alpha value is -4.51. The van der Waals surface area contributed by atoms with Crippen molar-refractivity contribution in [1.82, 2.24) is 0 Å². The van der Waals surface area contributed by atoms with Crippen molar-refractivity contribution in [3.8, 4) is 17.4 Å². The fourth-order valence-corrected chi connectivity index (χ4v) is 4.49. The summed E-state index contributed by atoms with van der Waals surface area (Å²) in [6.07, 6.45) is 0. The molecular weight excluding hydrogens is 448 g/mol. The lowest BCUT2D eigenvalue weighted by molar-refractivity contribution is -0.143. The first-order chi connectivity index (χ1) is 16.8. The van der Waals surface area contributed by atoms with Gasteiger partial charge in [-0.1, -0.05) is 42.5 Å². The summed E-state index contributed by atoms with van der Waals surface area (Å²) in [6, 6.07) is 16.0. The van der Waals surface area contributed by atoms with Gasteiger partial charge in [0.15, 0.2) is 11.1 Å². The number of aliphatic imine (C=N–C) groups is 1. The molecule has 4 rings (SSSR count). The fourth-order valence-electron chi connectivity index (χ4n) is 4.49. The standard InChI is InChI=1S/C27H22N2O6/c1-14-23(30)18-12-8-11-17(25(18)35-24(14)16-9-6-5-7-10-16)21-20(26(31)33-3)15(2)29-19(13-28)22(21)27(32)34-4/h5-12,20-21H,1-4H3. The fraction of sp³-hybridized carbons (Fsp3) is 0.222. The van der Waals surface area contributed by atoms with E-state index in [2.05, 4.69) is 4.99 Å². The van der Waals surface area contributed by atoms with Crippen molar-refractivity contribution in [2.24, 2.45) is 10.9 Å². The van der Waals surface area contributed by atoms with E-state index in [0.717, 1.165) is 0 Å². The van der Waals surface area contributed by atoms with Gasteiger partial charge >= 0.3 is 11.9 Å². The number of carbonyl (C=O) groups is 2. The number of para-hydroxylation sites is 1. The summed E-state index contributed by atoms with van der Waals surface area (Å²) in [7, 11) is 2.41. The molecule has 0 amide bonds. The number of ether oxygens (including phenoxy) is 2.